The standard InChI is InChI=1S/C19H19N5O2S/c25-18-10-12-3-1-5-15(12)20-24(18)11-14-4-2-8-23(14)19(26)13-6-7-16-17(9-13)22-27-21-16/h6-7,9-10,14H,1-5,8,11H2. The van der Waals surface area contributed by atoms with E-state index in [1.54, 1.807) is 22.9 Å². The van der Waals surface area contributed by atoms with E-state index in [9.17, 15) is 9.59 Å². The van der Waals surface area contributed by atoms with Crippen LogP contribution >= 0.6 is 11.7 Å². The lowest BCUT2D eigenvalue weighted by Crippen LogP contribution is -2.40. The van der Waals surface area contributed by atoms with E-state index >= 15 is 0 Å². The van der Waals surface area contributed by atoms with Crippen molar-refractivity contribution in [3.05, 3.63) is 51.4 Å². The molecule has 3 heterocycles. The number of hydrogen-bond acceptors (Lipinski definition) is 6. The van der Waals surface area contributed by atoms with Gasteiger partial charge in [-0.15, -0.1) is 0 Å². The normalized spacial score (nSPS) is 19.0. The zero-order valence-corrected chi connectivity index (χ0v) is 15.6. The molecule has 1 amide bonds. The van der Waals surface area contributed by atoms with Gasteiger partial charge in [0.05, 0.1) is 30.0 Å². The number of carbonyl (C=O) groups excluding carboxylic acids is 1. The maximum atomic E-state index is 13.1. The maximum Gasteiger partial charge on any atom is 0.267 e. The average molecular weight is 381 g/mol. The molecule has 8 heteroatoms. The lowest BCUT2D eigenvalue weighted by molar-refractivity contribution is 0.0720. The van der Waals surface area contributed by atoms with Crippen molar-refractivity contribution in [3.63, 3.8) is 0 Å². The molecule has 138 valence electrons. The second kappa shape index (κ2) is 6.53. The molecule has 0 radical (unpaired) electrons. The summed E-state index contributed by atoms with van der Waals surface area (Å²) in [5, 5.41) is 4.57. The summed E-state index contributed by atoms with van der Waals surface area (Å²) in [6, 6.07) is 7.16. The molecule has 5 rings (SSSR count). The molecule has 1 aliphatic heterocycles. The van der Waals surface area contributed by atoms with Crippen LogP contribution in [0.25, 0.3) is 11.0 Å². The molecule has 2 aromatic heterocycles. The number of hydrogen-bond donors (Lipinski definition) is 0. The number of benzene rings is 1. The molecule has 7 nitrogen and oxygen atoms in total. The molecular formula is C19H19N5O2S. The minimum atomic E-state index is -0.0649. The van der Waals surface area contributed by atoms with Gasteiger partial charge in [0.1, 0.15) is 11.0 Å². The number of rotatable bonds is 3. The summed E-state index contributed by atoms with van der Waals surface area (Å²) in [5.41, 5.74) is 4.23. The molecule has 0 saturated carbocycles. The van der Waals surface area contributed by atoms with Crippen molar-refractivity contribution in [2.45, 2.75) is 44.7 Å². The van der Waals surface area contributed by atoms with Crippen molar-refractivity contribution in [3.8, 4) is 0 Å². The summed E-state index contributed by atoms with van der Waals surface area (Å²) in [5.74, 6) is -0.0124. The van der Waals surface area contributed by atoms with Crippen molar-refractivity contribution in [2.24, 2.45) is 0 Å². The first-order valence-electron chi connectivity index (χ1n) is 9.32. The van der Waals surface area contributed by atoms with Crippen LogP contribution in [0.15, 0.2) is 29.1 Å². The molecule has 1 fully saturated rings. The molecule has 2 aliphatic rings. The Morgan fingerprint density at radius 2 is 2.04 bits per heavy atom. The predicted molar refractivity (Wildman–Crippen MR) is 102 cm³/mol. The van der Waals surface area contributed by atoms with Crippen LogP contribution in [-0.2, 0) is 19.4 Å². The highest BCUT2D eigenvalue weighted by Gasteiger charge is 2.30. The molecule has 1 aromatic carbocycles. The Bertz CT molecular complexity index is 1090. The number of likely N-dealkylation sites (tertiary alicyclic amines) is 1. The van der Waals surface area contributed by atoms with Gasteiger partial charge in [-0.2, -0.15) is 13.8 Å². The second-order valence-electron chi connectivity index (χ2n) is 7.25. The number of carbonyl (C=O) groups is 1. The van der Waals surface area contributed by atoms with Gasteiger partial charge in [0.15, 0.2) is 0 Å². The highest BCUT2D eigenvalue weighted by molar-refractivity contribution is 7.00. The van der Waals surface area contributed by atoms with Gasteiger partial charge in [0.25, 0.3) is 11.5 Å². The third-order valence-corrected chi connectivity index (χ3v) is 6.10. The van der Waals surface area contributed by atoms with E-state index in [2.05, 4.69) is 13.8 Å². The van der Waals surface area contributed by atoms with Gasteiger partial charge >= 0.3 is 0 Å². The summed E-state index contributed by atoms with van der Waals surface area (Å²) >= 11 is 1.15. The topological polar surface area (TPSA) is 81.0 Å². The van der Waals surface area contributed by atoms with Crippen LogP contribution in [0.2, 0.25) is 0 Å². The van der Waals surface area contributed by atoms with Crippen molar-refractivity contribution in [1.29, 1.82) is 0 Å². The summed E-state index contributed by atoms with van der Waals surface area (Å²) in [6.07, 6.45) is 4.77. The van der Waals surface area contributed by atoms with E-state index in [1.807, 2.05) is 11.0 Å². The lowest BCUT2D eigenvalue weighted by atomic mass is 10.1. The van der Waals surface area contributed by atoms with E-state index in [0.29, 0.717) is 18.7 Å². The van der Waals surface area contributed by atoms with E-state index in [-0.39, 0.29) is 17.5 Å². The largest absolute Gasteiger partial charge is 0.334 e. The fourth-order valence-electron chi connectivity index (χ4n) is 4.14. The Morgan fingerprint density at radius 3 is 2.96 bits per heavy atom. The van der Waals surface area contributed by atoms with Crippen LogP contribution in [0.4, 0.5) is 0 Å². The highest BCUT2D eigenvalue weighted by atomic mass is 32.1. The van der Waals surface area contributed by atoms with Crippen molar-refractivity contribution < 1.29 is 4.79 Å². The first-order chi connectivity index (χ1) is 13.2. The Balaban J connectivity index is 1.40. The monoisotopic (exact) mass is 381 g/mol. The summed E-state index contributed by atoms with van der Waals surface area (Å²) in [7, 11) is 0. The van der Waals surface area contributed by atoms with Crippen LogP contribution in [0, 0.1) is 0 Å². The van der Waals surface area contributed by atoms with Gasteiger partial charge < -0.3 is 4.90 Å². The van der Waals surface area contributed by atoms with Crippen molar-refractivity contribution in [1.82, 2.24) is 23.4 Å². The Labute approximate surface area is 160 Å². The smallest absolute Gasteiger partial charge is 0.267 e. The average Bonchev–Trinajstić information content (AvgIpc) is 3.41. The van der Waals surface area contributed by atoms with Gasteiger partial charge in [0, 0.05) is 18.2 Å². The highest BCUT2D eigenvalue weighted by Crippen LogP contribution is 2.23. The predicted octanol–water partition coefficient (Wildman–Crippen LogP) is 2.04. The summed E-state index contributed by atoms with van der Waals surface area (Å²) in [4.78, 5) is 27.3. The molecule has 1 aliphatic carbocycles. The van der Waals surface area contributed by atoms with Crippen LogP contribution in [-0.4, -0.2) is 41.9 Å². The number of nitrogens with zero attached hydrogens (tertiary/aromatic N) is 5. The Kier molecular flexibility index (Phi) is 4.00. The van der Waals surface area contributed by atoms with Crippen molar-refractivity contribution >= 4 is 28.7 Å². The summed E-state index contributed by atoms with van der Waals surface area (Å²) in [6.45, 7) is 1.16. The third kappa shape index (κ3) is 2.93. The number of amides is 1. The first kappa shape index (κ1) is 16.6. The fraction of sp³-hybridized carbons (Fsp3) is 0.421. The van der Waals surface area contributed by atoms with E-state index < -0.39 is 0 Å². The SMILES string of the molecule is O=C(c1ccc2nsnc2c1)N1CCCC1Cn1nc2c(cc1=O)CCC2. The zero-order valence-electron chi connectivity index (χ0n) is 14.8. The number of aryl methyl sites for hydroxylation is 2. The Morgan fingerprint density at radius 1 is 1.15 bits per heavy atom. The molecule has 3 aromatic rings. The minimum absolute atomic E-state index is 0.00795. The molecule has 0 spiro atoms. The van der Waals surface area contributed by atoms with E-state index in [4.69, 9.17) is 0 Å². The van der Waals surface area contributed by atoms with Crippen molar-refractivity contribution in [2.75, 3.05) is 6.54 Å². The zero-order chi connectivity index (χ0) is 18.4. The van der Waals surface area contributed by atoms with Gasteiger partial charge in [0.2, 0.25) is 0 Å². The maximum absolute atomic E-state index is 13.1. The van der Waals surface area contributed by atoms with Gasteiger partial charge in [-0.3, -0.25) is 9.59 Å². The van der Waals surface area contributed by atoms with Gasteiger partial charge in [-0.05, 0) is 55.9 Å². The molecule has 0 bridgehead atoms. The van der Waals surface area contributed by atoms with Gasteiger partial charge in [-0.25, -0.2) is 4.68 Å². The Hall–Kier alpha value is -2.61. The molecule has 1 saturated heterocycles. The third-order valence-electron chi connectivity index (χ3n) is 5.55. The molecular weight excluding hydrogens is 362 g/mol. The number of fused-ring (bicyclic) bond motifs is 2. The fourth-order valence-corrected chi connectivity index (χ4v) is 4.66. The van der Waals surface area contributed by atoms with Crippen LogP contribution in [0.5, 0.6) is 0 Å². The van der Waals surface area contributed by atoms with Crippen LogP contribution < -0.4 is 5.56 Å². The van der Waals surface area contributed by atoms with Crippen LogP contribution in [0.1, 0.15) is 40.9 Å². The minimum Gasteiger partial charge on any atom is -0.334 e. The quantitative estimate of drug-likeness (QED) is 0.694. The molecule has 1 unspecified atom stereocenters. The van der Waals surface area contributed by atoms with Crippen LogP contribution in [0.3, 0.4) is 0 Å². The summed E-state index contributed by atoms with van der Waals surface area (Å²) < 4.78 is 9.96. The molecule has 0 N–H and O–H groups in total. The molecule has 1 atom stereocenters. The van der Waals surface area contributed by atoms with E-state index in [1.165, 1.54) is 0 Å². The first-order valence-corrected chi connectivity index (χ1v) is 10.1. The lowest BCUT2D eigenvalue weighted by Gasteiger charge is -2.25. The second-order valence-corrected chi connectivity index (χ2v) is 7.78. The molecule has 27 heavy (non-hydrogen) atoms. The van der Waals surface area contributed by atoms with E-state index in [0.717, 1.165) is 66.1 Å². The van der Waals surface area contributed by atoms with Gasteiger partial charge in [-0.1, -0.05) is 0 Å². The number of aromatic nitrogens is 4.